The molecule has 0 saturated heterocycles. The summed E-state index contributed by atoms with van der Waals surface area (Å²) in [6, 6.07) is 2.14. The molecule has 0 aliphatic heterocycles. The quantitative estimate of drug-likeness (QED) is 0.794. The lowest BCUT2D eigenvalue weighted by Gasteiger charge is -2.35. The van der Waals surface area contributed by atoms with Gasteiger partial charge in [-0.15, -0.1) is 0 Å². The Balaban J connectivity index is 1.89. The maximum Gasteiger partial charge on any atom is 0.135 e. The van der Waals surface area contributed by atoms with E-state index in [0.29, 0.717) is 16.4 Å². The zero-order valence-corrected chi connectivity index (χ0v) is 15.7. The van der Waals surface area contributed by atoms with Crippen LogP contribution in [0.2, 0.25) is 5.15 Å². The normalized spacial score (nSPS) is 22.2. The van der Waals surface area contributed by atoms with Crippen molar-refractivity contribution in [2.45, 2.75) is 50.4 Å². The number of hydrogen-bond donors (Lipinski definition) is 2. The summed E-state index contributed by atoms with van der Waals surface area (Å²) in [6.07, 6.45) is 5.37. The molecule has 0 bridgehead atoms. The number of anilines is 1. The van der Waals surface area contributed by atoms with Crippen LogP contribution in [0.1, 0.15) is 39.2 Å². The Kier molecular flexibility index (Phi) is 4.82. The van der Waals surface area contributed by atoms with Crippen LogP contribution in [0.15, 0.2) is 18.5 Å². The van der Waals surface area contributed by atoms with Gasteiger partial charge in [-0.25, -0.2) is 9.97 Å². The highest BCUT2D eigenvalue weighted by molar-refractivity contribution is 7.85. The van der Waals surface area contributed by atoms with Gasteiger partial charge in [-0.05, 0) is 43.7 Å². The molecule has 0 radical (unpaired) electrons. The fraction of sp³-hybridized carbons (Fsp3) is 0.529. The van der Waals surface area contributed by atoms with E-state index < -0.39 is 16.3 Å². The van der Waals surface area contributed by atoms with Crippen molar-refractivity contribution in [2.75, 3.05) is 11.1 Å². The summed E-state index contributed by atoms with van der Waals surface area (Å²) in [5.41, 5.74) is 6.69. The number of nitrogens with one attached hydrogen (secondary N) is 1. The van der Waals surface area contributed by atoms with Gasteiger partial charge in [0.1, 0.15) is 11.0 Å². The average molecular weight is 367 g/mol. The van der Waals surface area contributed by atoms with Crippen LogP contribution in [0.4, 0.5) is 5.82 Å². The number of nitrogens with zero attached hydrogens (tertiary/aromatic N) is 2. The van der Waals surface area contributed by atoms with Gasteiger partial charge in [0.15, 0.2) is 0 Å². The predicted molar refractivity (Wildman–Crippen MR) is 101 cm³/mol. The largest absolute Gasteiger partial charge is 0.367 e. The molecule has 3 N–H and O–H groups in total. The first-order valence-corrected chi connectivity index (χ1v) is 9.93. The minimum Gasteiger partial charge on any atom is -0.367 e. The number of fused-ring (bicyclic) bond motifs is 1. The van der Waals surface area contributed by atoms with Crippen LogP contribution >= 0.6 is 11.6 Å². The van der Waals surface area contributed by atoms with Gasteiger partial charge in [0, 0.05) is 51.2 Å². The third kappa shape index (κ3) is 3.41. The molecule has 1 fully saturated rings. The van der Waals surface area contributed by atoms with Gasteiger partial charge in [-0.1, -0.05) is 18.5 Å². The molecule has 1 saturated carbocycles. The van der Waals surface area contributed by atoms with Gasteiger partial charge in [0.2, 0.25) is 0 Å². The maximum absolute atomic E-state index is 11.8. The second-order valence-corrected chi connectivity index (χ2v) is 9.29. The van der Waals surface area contributed by atoms with Gasteiger partial charge >= 0.3 is 0 Å². The van der Waals surface area contributed by atoms with Crippen LogP contribution < -0.4 is 11.1 Å². The minimum atomic E-state index is -0.716. The Hall–Kier alpha value is -1.24. The highest BCUT2D eigenvalue weighted by atomic mass is 35.5. The van der Waals surface area contributed by atoms with Gasteiger partial charge in [-0.3, -0.25) is 4.21 Å². The van der Waals surface area contributed by atoms with Crippen molar-refractivity contribution in [3.63, 3.8) is 0 Å². The molecule has 2 aromatic rings. The monoisotopic (exact) mass is 366 g/mol. The minimum absolute atomic E-state index is 0.300. The molecule has 130 valence electrons. The Morgan fingerprint density at radius 1 is 1.33 bits per heavy atom. The lowest BCUT2D eigenvalue weighted by Crippen LogP contribution is -2.42. The molecule has 1 aliphatic rings. The number of halogens is 1. The lowest BCUT2D eigenvalue weighted by molar-refractivity contribution is 0.449. The molecule has 0 spiro atoms. The number of pyridine rings is 2. The molecule has 0 amide bonds. The molecule has 1 atom stereocenters. The molecule has 3 rings (SSSR count). The van der Waals surface area contributed by atoms with Gasteiger partial charge in [-0.2, -0.15) is 0 Å². The summed E-state index contributed by atoms with van der Waals surface area (Å²) in [6.45, 7) is 5.86. The number of hydrogen-bond acceptors (Lipinski definition) is 5. The molecule has 7 heteroatoms. The predicted octanol–water partition coefficient (Wildman–Crippen LogP) is 3.19. The second-order valence-electron chi connectivity index (χ2n) is 6.90. The smallest absolute Gasteiger partial charge is 0.135 e. The van der Waals surface area contributed by atoms with Crippen molar-refractivity contribution in [3.05, 3.63) is 29.2 Å². The van der Waals surface area contributed by atoms with E-state index in [0.717, 1.165) is 40.7 Å². The van der Waals surface area contributed by atoms with Crippen molar-refractivity contribution >= 4 is 39.0 Å². The van der Waals surface area contributed by atoms with E-state index in [4.69, 9.17) is 17.3 Å². The van der Waals surface area contributed by atoms with Crippen molar-refractivity contribution in [3.8, 4) is 0 Å². The molecule has 5 nitrogen and oxygen atoms in total. The second kappa shape index (κ2) is 6.58. The zero-order valence-electron chi connectivity index (χ0n) is 14.2. The van der Waals surface area contributed by atoms with Crippen molar-refractivity contribution in [1.29, 1.82) is 0 Å². The van der Waals surface area contributed by atoms with E-state index >= 15 is 0 Å². The first-order chi connectivity index (χ1) is 11.3. The zero-order chi connectivity index (χ0) is 17.5. The fourth-order valence-electron chi connectivity index (χ4n) is 3.07. The molecular weight excluding hydrogens is 344 g/mol. The van der Waals surface area contributed by atoms with E-state index in [2.05, 4.69) is 15.3 Å². The molecule has 1 aliphatic carbocycles. The van der Waals surface area contributed by atoms with Crippen LogP contribution in [-0.2, 0) is 16.3 Å². The molecule has 1 unspecified atom stereocenters. The van der Waals surface area contributed by atoms with E-state index in [1.165, 1.54) is 0 Å². The van der Waals surface area contributed by atoms with Crippen LogP contribution in [-0.4, -0.2) is 31.2 Å². The Morgan fingerprint density at radius 3 is 2.67 bits per heavy atom. The standard InChI is InChI=1S/C17H23ClN4OS/c1-4-24(23)11-5-10(6-11)22-16-13-8-20-15(18)7-12(13)14(9-21-16)17(2,3)19/h7-11H,4-6,19H2,1-3H3,(H,21,22). The van der Waals surface area contributed by atoms with Gasteiger partial charge in [0.25, 0.3) is 0 Å². The van der Waals surface area contributed by atoms with E-state index in [9.17, 15) is 4.21 Å². The summed E-state index contributed by atoms with van der Waals surface area (Å²) in [5.74, 6) is 1.51. The van der Waals surface area contributed by atoms with Crippen molar-refractivity contribution in [2.24, 2.45) is 5.73 Å². The Morgan fingerprint density at radius 2 is 2.04 bits per heavy atom. The topological polar surface area (TPSA) is 80.9 Å². The Bertz CT molecular complexity index is 784. The highest BCUT2D eigenvalue weighted by Gasteiger charge is 2.33. The van der Waals surface area contributed by atoms with Crippen molar-refractivity contribution < 1.29 is 4.21 Å². The third-order valence-corrected chi connectivity index (χ3v) is 6.43. The van der Waals surface area contributed by atoms with E-state index in [1.54, 1.807) is 12.4 Å². The highest BCUT2D eigenvalue weighted by Crippen LogP contribution is 2.34. The Labute approximate surface area is 149 Å². The first-order valence-electron chi connectivity index (χ1n) is 8.17. The fourth-order valence-corrected chi connectivity index (χ4v) is 4.59. The summed E-state index contributed by atoms with van der Waals surface area (Å²) < 4.78 is 11.8. The third-order valence-electron chi connectivity index (χ3n) is 4.52. The van der Waals surface area contributed by atoms with Crippen LogP contribution in [0.3, 0.4) is 0 Å². The number of nitrogens with two attached hydrogens (primary N) is 1. The SMILES string of the molecule is CCS(=O)C1CC(Nc2ncc(C(C)(C)N)c3cc(Cl)ncc23)C1. The first kappa shape index (κ1) is 17.6. The summed E-state index contributed by atoms with van der Waals surface area (Å²) in [4.78, 5) is 8.76. The van der Waals surface area contributed by atoms with Crippen LogP contribution in [0.25, 0.3) is 10.8 Å². The average Bonchev–Trinajstić information content (AvgIpc) is 2.48. The van der Waals surface area contributed by atoms with E-state index in [1.807, 2.05) is 26.8 Å². The number of rotatable bonds is 5. The van der Waals surface area contributed by atoms with Crippen molar-refractivity contribution in [1.82, 2.24) is 9.97 Å². The molecule has 2 heterocycles. The van der Waals surface area contributed by atoms with Gasteiger partial charge in [0.05, 0.1) is 0 Å². The number of aromatic nitrogens is 2. The van der Waals surface area contributed by atoms with Gasteiger partial charge < -0.3 is 11.1 Å². The summed E-state index contributed by atoms with van der Waals surface area (Å²) in [5, 5.41) is 6.07. The molecule has 0 aromatic carbocycles. The summed E-state index contributed by atoms with van der Waals surface area (Å²) >= 11 is 6.08. The molecule has 2 aromatic heterocycles. The molecule has 24 heavy (non-hydrogen) atoms. The van der Waals surface area contributed by atoms with E-state index in [-0.39, 0.29) is 0 Å². The van der Waals surface area contributed by atoms with Crippen LogP contribution in [0.5, 0.6) is 0 Å². The lowest BCUT2D eigenvalue weighted by atomic mass is 9.91. The summed E-state index contributed by atoms with van der Waals surface area (Å²) in [7, 11) is -0.716. The van der Waals surface area contributed by atoms with Crippen LogP contribution in [0, 0.1) is 0 Å². The maximum atomic E-state index is 11.8. The molecular formula is C17H23ClN4OS.